The molecule has 0 heterocycles. The van der Waals surface area contributed by atoms with Crippen LogP contribution in [0.3, 0.4) is 0 Å². The van der Waals surface area contributed by atoms with E-state index >= 15 is 0 Å². The molecule has 0 atom stereocenters. The highest BCUT2D eigenvalue weighted by molar-refractivity contribution is 8.00. The van der Waals surface area contributed by atoms with Crippen LogP contribution < -0.4 is 10.6 Å². The Morgan fingerprint density at radius 2 is 1.73 bits per heavy atom. The molecule has 134 valence electrons. The van der Waals surface area contributed by atoms with Gasteiger partial charge in [-0.1, -0.05) is 6.07 Å². The molecule has 1 aliphatic rings. The Bertz CT molecular complexity index is 835. The molecule has 0 unspecified atom stereocenters. The fourth-order valence-electron chi connectivity index (χ4n) is 2.27. The summed E-state index contributed by atoms with van der Waals surface area (Å²) in [5.41, 5.74) is 1.28. The van der Waals surface area contributed by atoms with Crippen molar-refractivity contribution in [3.05, 3.63) is 58.6 Å². The molecule has 26 heavy (non-hydrogen) atoms. The highest BCUT2D eigenvalue weighted by atomic mass is 32.2. The number of non-ortho nitro benzene ring substituents is 1. The van der Waals surface area contributed by atoms with Crippen molar-refractivity contribution in [2.45, 2.75) is 17.7 Å². The maximum absolute atomic E-state index is 12.1. The van der Waals surface area contributed by atoms with Crippen LogP contribution in [0.4, 0.5) is 17.1 Å². The van der Waals surface area contributed by atoms with E-state index in [1.54, 1.807) is 36.4 Å². The maximum Gasteiger partial charge on any atom is 0.269 e. The third-order valence-electron chi connectivity index (χ3n) is 3.78. The fourth-order valence-corrected chi connectivity index (χ4v) is 2.97. The predicted octanol–water partition coefficient (Wildman–Crippen LogP) is 3.67. The standard InChI is InChI=1S/C18H17N3O4S/c22-17(11-26-16-8-6-15(7-9-16)21(24)25)19-13-2-1-3-14(10-13)20-18(23)12-4-5-12/h1-3,6-10,12H,4-5,11H2,(H,19,22)(H,20,23). The lowest BCUT2D eigenvalue weighted by Gasteiger charge is -2.08. The average molecular weight is 371 g/mol. The molecule has 0 radical (unpaired) electrons. The topological polar surface area (TPSA) is 101 Å². The summed E-state index contributed by atoms with van der Waals surface area (Å²) >= 11 is 1.29. The number of nitro benzene ring substituents is 1. The van der Waals surface area contributed by atoms with Crippen molar-refractivity contribution in [3.63, 3.8) is 0 Å². The van der Waals surface area contributed by atoms with Gasteiger partial charge >= 0.3 is 0 Å². The van der Waals surface area contributed by atoms with Gasteiger partial charge in [0.15, 0.2) is 0 Å². The molecule has 7 nitrogen and oxygen atoms in total. The minimum Gasteiger partial charge on any atom is -0.326 e. The van der Waals surface area contributed by atoms with Gasteiger partial charge in [0.05, 0.1) is 10.7 Å². The van der Waals surface area contributed by atoms with E-state index in [2.05, 4.69) is 10.6 Å². The van der Waals surface area contributed by atoms with Crippen LogP contribution in [0, 0.1) is 16.0 Å². The summed E-state index contributed by atoms with van der Waals surface area (Å²) in [5, 5.41) is 16.2. The Morgan fingerprint density at radius 3 is 2.35 bits per heavy atom. The van der Waals surface area contributed by atoms with Crippen LogP contribution in [0.5, 0.6) is 0 Å². The van der Waals surface area contributed by atoms with Crippen LogP contribution in [0.15, 0.2) is 53.4 Å². The molecule has 0 aromatic heterocycles. The summed E-state index contributed by atoms with van der Waals surface area (Å²) in [6, 6.07) is 13.1. The second kappa shape index (κ2) is 8.01. The number of anilines is 2. The summed E-state index contributed by atoms with van der Waals surface area (Å²) in [5.74, 6) is 0.115. The van der Waals surface area contributed by atoms with Crippen molar-refractivity contribution in [1.82, 2.24) is 0 Å². The first-order chi connectivity index (χ1) is 12.5. The van der Waals surface area contributed by atoms with Gasteiger partial charge in [-0.2, -0.15) is 0 Å². The van der Waals surface area contributed by atoms with Gasteiger partial charge in [0.25, 0.3) is 5.69 Å². The zero-order chi connectivity index (χ0) is 18.5. The van der Waals surface area contributed by atoms with E-state index in [0.29, 0.717) is 11.4 Å². The number of thioether (sulfide) groups is 1. The minimum absolute atomic E-state index is 0.0159. The molecule has 2 aromatic carbocycles. The summed E-state index contributed by atoms with van der Waals surface area (Å²) in [6.45, 7) is 0. The van der Waals surface area contributed by atoms with Gasteiger partial charge in [0.1, 0.15) is 0 Å². The third-order valence-corrected chi connectivity index (χ3v) is 4.79. The number of benzene rings is 2. The Morgan fingerprint density at radius 1 is 1.08 bits per heavy atom. The molecule has 0 spiro atoms. The van der Waals surface area contributed by atoms with Crippen LogP contribution in [-0.4, -0.2) is 22.5 Å². The van der Waals surface area contributed by atoms with Gasteiger partial charge < -0.3 is 10.6 Å². The highest BCUT2D eigenvalue weighted by Gasteiger charge is 2.29. The predicted molar refractivity (Wildman–Crippen MR) is 100 cm³/mol. The molecule has 2 amide bonds. The molecule has 0 bridgehead atoms. The molecule has 2 N–H and O–H groups in total. The van der Waals surface area contributed by atoms with Gasteiger partial charge in [0, 0.05) is 34.3 Å². The Balaban J connectivity index is 1.51. The van der Waals surface area contributed by atoms with Crippen molar-refractivity contribution >= 4 is 40.6 Å². The summed E-state index contributed by atoms with van der Waals surface area (Å²) < 4.78 is 0. The lowest BCUT2D eigenvalue weighted by Crippen LogP contribution is -2.15. The number of hydrogen-bond donors (Lipinski definition) is 2. The number of carbonyl (C=O) groups is 2. The quantitative estimate of drug-likeness (QED) is 0.439. The number of hydrogen-bond acceptors (Lipinski definition) is 5. The van der Waals surface area contributed by atoms with E-state index in [1.165, 1.54) is 23.9 Å². The number of nitrogens with one attached hydrogen (secondary N) is 2. The van der Waals surface area contributed by atoms with Gasteiger partial charge in [0.2, 0.25) is 11.8 Å². The Labute approximate surface area is 154 Å². The minimum atomic E-state index is -0.462. The molecule has 8 heteroatoms. The van der Waals surface area contributed by atoms with Gasteiger partial charge in [-0.15, -0.1) is 11.8 Å². The van der Waals surface area contributed by atoms with Crippen LogP contribution in [0.1, 0.15) is 12.8 Å². The van der Waals surface area contributed by atoms with Crippen LogP contribution in [0.25, 0.3) is 0 Å². The zero-order valence-electron chi connectivity index (χ0n) is 13.8. The summed E-state index contributed by atoms with van der Waals surface area (Å²) in [6.07, 6.45) is 1.87. The van der Waals surface area contributed by atoms with Gasteiger partial charge in [-0.3, -0.25) is 19.7 Å². The molecule has 0 aliphatic heterocycles. The van der Waals surface area contributed by atoms with Crippen LogP contribution in [-0.2, 0) is 9.59 Å². The molecule has 1 saturated carbocycles. The first-order valence-corrected chi connectivity index (χ1v) is 9.08. The van der Waals surface area contributed by atoms with Crippen molar-refractivity contribution in [3.8, 4) is 0 Å². The number of carbonyl (C=O) groups excluding carboxylic acids is 2. The second-order valence-electron chi connectivity index (χ2n) is 5.93. The van der Waals surface area contributed by atoms with Crippen molar-refractivity contribution in [2.75, 3.05) is 16.4 Å². The molecule has 2 aromatic rings. The first kappa shape index (κ1) is 17.9. The number of rotatable bonds is 7. The SMILES string of the molecule is O=C(CSc1ccc([N+](=O)[O-])cc1)Nc1cccc(NC(=O)C2CC2)c1. The Hall–Kier alpha value is -2.87. The molecule has 1 fully saturated rings. The van der Waals surface area contributed by atoms with E-state index in [4.69, 9.17) is 0 Å². The first-order valence-electron chi connectivity index (χ1n) is 8.09. The second-order valence-corrected chi connectivity index (χ2v) is 6.98. The van der Waals surface area contributed by atoms with E-state index in [-0.39, 0.29) is 29.2 Å². The van der Waals surface area contributed by atoms with Gasteiger partial charge in [-0.25, -0.2) is 0 Å². The van der Waals surface area contributed by atoms with Crippen molar-refractivity contribution in [1.29, 1.82) is 0 Å². The highest BCUT2D eigenvalue weighted by Crippen LogP contribution is 2.30. The zero-order valence-corrected chi connectivity index (χ0v) is 14.6. The molecule has 0 saturated heterocycles. The maximum atomic E-state index is 12.1. The van der Waals surface area contributed by atoms with E-state index < -0.39 is 4.92 Å². The smallest absolute Gasteiger partial charge is 0.269 e. The molecule has 3 rings (SSSR count). The third kappa shape index (κ3) is 5.06. The fraction of sp³-hybridized carbons (Fsp3) is 0.222. The number of amides is 2. The van der Waals surface area contributed by atoms with Crippen molar-refractivity contribution in [2.24, 2.45) is 5.92 Å². The van der Waals surface area contributed by atoms with Crippen LogP contribution >= 0.6 is 11.8 Å². The number of nitrogens with zero attached hydrogens (tertiary/aromatic N) is 1. The number of nitro groups is 1. The summed E-state index contributed by atoms with van der Waals surface area (Å²) in [4.78, 5) is 34.8. The normalized spacial score (nSPS) is 13.1. The average Bonchev–Trinajstić information content (AvgIpc) is 3.46. The molecular weight excluding hydrogens is 354 g/mol. The van der Waals surface area contributed by atoms with E-state index in [1.807, 2.05) is 0 Å². The van der Waals surface area contributed by atoms with E-state index in [9.17, 15) is 19.7 Å². The van der Waals surface area contributed by atoms with Crippen molar-refractivity contribution < 1.29 is 14.5 Å². The molecular formula is C18H17N3O4S. The lowest BCUT2D eigenvalue weighted by atomic mass is 10.2. The summed E-state index contributed by atoms with van der Waals surface area (Å²) in [7, 11) is 0. The monoisotopic (exact) mass is 371 g/mol. The lowest BCUT2D eigenvalue weighted by molar-refractivity contribution is -0.384. The Kier molecular flexibility index (Phi) is 5.52. The van der Waals surface area contributed by atoms with Gasteiger partial charge in [-0.05, 0) is 43.2 Å². The largest absolute Gasteiger partial charge is 0.326 e. The molecule has 1 aliphatic carbocycles. The van der Waals surface area contributed by atoms with Crippen LogP contribution in [0.2, 0.25) is 0 Å². The van der Waals surface area contributed by atoms with E-state index in [0.717, 1.165) is 17.7 Å².